The molecule has 3 aliphatic rings. The number of likely N-dealkylation sites (tertiary alicyclic amines) is 1. The van der Waals surface area contributed by atoms with E-state index in [1.807, 2.05) is 11.8 Å². The average Bonchev–Trinajstić information content (AvgIpc) is 3.36. The largest absolute Gasteiger partial charge is 0.390 e. The number of aliphatic hydroxyl groups is 1. The summed E-state index contributed by atoms with van der Waals surface area (Å²) in [5, 5.41) is 11.9. The summed E-state index contributed by atoms with van der Waals surface area (Å²) in [6.45, 7) is 5.79. The van der Waals surface area contributed by atoms with Crippen molar-refractivity contribution in [2.24, 2.45) is 0 Å². The first-order chi connectivity index (χ1) is 14.2. The van der Waals surface area contributed by atoms with Gasteiger partial charge in [-0.1, -0.05) is 19.1 Å². The second-order valence-corrected chi connectivity index (χ2v) is 10.6. The van der Waals surface area contributed by atoms with E-state index in [2.05, 4.69) is 36.3 Å². The number of hydrogen-bond donors (Lipinski definition) is 2. The van der Waals surface area contributed by atoms with Crippen molar-refractivity contribution in [1.82, 2.24) is 9.88 Å². The number of carbonyl (C=O) groups is 1. The van der Waals surface area contributed by atoms with Gasteiger partial charge in [-0.15, -0.1) is 0 Å². The first-order valence-corrected chi connectivity index (χ1v) is 11.5. The number of aromatic amines is 1. The maximum absolute atomic E-state index is 15.3. The summed E-state index contributed by atoms with van der Waals surface area (Å²) >= 11 is 0. The number of carbonyl (C=O) groups excluding carboxylic acids is 1. The van der Waals surface area contributed by atoms with Crippen molar-refractivity contribution in [3.63, 3.8) is 0 Å². The molecule has 1 aromatic heterocycles. The SMILES string of the molecule is CC(CC(=O)N1C(C)CC2(F)CC1CC(C)(O)C2)c1c[nH]c2cccc(C3CC3)c12. The number of hydrogen-bond acceptors (Lipinski definition) is 2. The van der Waals surface area contributed by atoms with E-state index in [0.29, 0.717) is 31.6 Å². The highest BCUT2D eigenvalue weighted by Gasteiger charge is 2.53. The summed E-state index contributed by atoms with van der Waals surface area (Å²) in [7, 11) is 0. The van der Waals surface area contributed by atoms with Crippen molar-refractivity contribution < 1.29 is 14.3 Å². The molecule has 30 heavy (non-hydrogen) atoms. The van der Waals surface area contributed by atoms with Crippen LogP contribution in [0.15, 0.2) is 24.4 Å². The van der Waals surface area contributed by atoms with E-state index in [0.717, 1.165) is 5.52 Å². The van der Waals surface area contributed by atoms with Crippen molar-refractivity contribution in [3.8, 4) is 0 Å². The molecular weight excluding hydrogens is 379 g/mol. The Labute approximate surface area is 177 Å². The van der Waals surface area contributed by atoms with Crippen LogP contribution in [-0.2, 0) is 4.79 Å². The van der Waals surface area contributed by atoms with E-state index in [1.54, 1.807) is 6.92 Å². The topological polar surface area (TPSA) is 56.3 Å². The smallest absolute Gasteiger partial charge is 0.223 e. The molecule has 5 rings (SSSR count). The zero-order chi connectivity index (χ0) is 21.3. The highest BCUT2D eigenvalue weighted by molar-refractivity contribution is 5.89. The second kappa shape index (κ2) is 6.81. The number of H-pyrrole nitrogens is 1. The maximum atomic E-state index is 15.3. The highest BCUT2D eigenvalue weighted by atomic mass is 19.1. The number of aromatic nitrogens is 1. The van der Waals surface area contributed by atoms with Crippen molar-refractivity contribution in [1.29, 1.82) is 0 Å². The van der Waals surface area contributed by atoms with Gasteiger partial charge in [0.15, 0.2) is 0 Å². The Balaban J connectivity index is 1.38. The van der Waals surface area contributed by atoms with Crippen LogP contribution in [0, 0.1) is 0 Å². The lowest BCUT2D eigenvalue weighted by Gasteiger charge is -2.54. The summed E-state index contributed by atoms with van der Waals surface area (Å²) in [6.07, 6.45) is 6.27. The maximum Gasteiger partial charge on any atom is 0.223 e. The third kappa shape index (κ3) is 3.45. The van der Waals surface area contributed by atoms with Gasteiger partial charge in [-0.05, 0) is 62.1 Å². The molecule has 2 aliphatic carbocycles. The molecule has 2 N–H and O–H groups in total. The predicted octanol–water partition coefficient (Wildman–Crippen LogP) is 5.17. The molecule has 2 bridgehead atoms. The lowest BCUT2D eigenvalue weighted by atomic mass is 9.68. The average molecular weight is 413 g/mol. The number of rotatable bonds is 4. The van der Waals surface area contributed by atoms with Gasteiger partial charge in [0, 0.05) is 54.9 Å². The van der Waals surface area contributed by atoms with Gasteiger partial charge >= 0.3 is 0 Å². The van der Waals surface area contributed by atoms with Crippen LogP contribution >= 0.6 is 0 Å². The fourth-order valence-electron chi connectivity index (χ4n) is 6.46. The van der Waals surface area contributed by atoms with Crippen LogP contribution in [0.2, 0.25) is 0 Å². The molecule has 5 atom stereocenters. The molecule has 1 aliphatic heterocycles. The van der Waals surface area contributed by atoms with E-state index >= 15 is 4.39 Å². The van der Waals surface area contributed by atoms with Crippen molar-refractivity contribution >= 4 is 16.8 Å². The Morgan fingerprint density at radius 2 is 2.10 bits per heavy atom. The van der Waals surface area contributed by atoms with Crippen LogP contribution in [-0.4, -0.2) is 44.3 Å². The summed E-state index contributed by atoms with van der Waals surface area (Å²) in [4.78, 5) is 18.7. The van der Waals surface area contributed by atoms with Crippen LogP contribution in [0.3, 0.4) is 0 Å². The number of amides is 1. The molecule has 1 amide bonds. The summed E-state index contributed by atoms with van der Waals surface area (Å²) in [5.74, 6) is 0.813. The van der Waals surface area contributed by atoms with Crippen LogP contribution in [0.4, 0.5) is 4.39 Å². The number of halogens is 1. The summed E-state index contributed by atoms with van der Waals surface area (Å²) < 4.78 is 15.3. The third-order valence-corrected chi connectivity index (χ3v) is 7.59. The Morgan fingerprint density at radius 1 is 1.33 bits per heavy atom. The number of nitrogens with zero attached hydrogens (tertiary/aromatic N) is 1. The molecule has 2 saturated carbocycles. The van der Waals surface area contributed by atoms with E-state index in [4.69, 9.17) is 0 Å². The fourth-order valence-corrected chi connectivity index (χ4v) is 6.46. The summed E-state index contributed by atoms with van der Waals surface area (Å²) in [5.41, 5.74) is 1.36. The van der Waals surface area contributed by atoms with E-state index in [9.17, 15) is 9.90 Å². The molecule has 2 heterocycles. The van der Waals surface area contributed by atoms with Crippen LogP contribution in [0.25, 0.3) is 10.9 Å². The molecular formula is C25H33FN2O2. The van der Waals surface area contributed by atoms with Gasteiger partial charge in [0.25, 0.3) is 0 Å². The van der Waals surface area contributed by atoms with Crippen LogP contribution in [0.1, 0.15) is 88.7 Å². The minimum absolute atomic E-state index is 0.0815. The van der Waals surface area contributed by atoms with Gasteiger partial charge in [-0.25, -0.2) is 4.39 Å². The van der Waals surface area contributed by atoms with Gasteiger partial charge in [-0.2, -0.15) is 0 Å². The quantitative estimate of drug-likeness (QED) is 0.728. The highest BCUT2D eigenvalue weighted by Crippen LogP contribution is 2.48. The molecule has 162 valence electrons. The summed E-state index contributed by atoms with van der Waals surface area (Å²) in [6, 6.07) is 6.10. The number of benzene rings is 1. The molecule has 3 fully saturated rings. The minimum Gasteiger partial charge on any atom is -0.390 e. The van der Waals surface area contributed by atoms with Gasteiger partial charge in [0.05, 0.1) is 5.60 Å². The zero-order valence-corrected chi connectivity index (χ0v) is 18.2. The van der Waals surface area contributed by atoms with E-state index in [1.165, 1.54) is 29.4 Å². The molecule has 2 aromatic rings. The molecule has 1 aromatic carbocycles. The molecule has 5 heteroatoms. The van der Waals surface area contributed by atoms with Crippen molar-refractivity contribution in [3.05, 3.63) is 35.5 Å². The molecule has 4 nitrogen and oxygen atoms in total. The Morgan fingerprint density at radius 3 is 2.83 bits per heavy atom. The second-order valence-electron chi connectivity index (χ2n) is 10.6. The number of alkyl halides is 1. The Kier molecular flexibility index (Phi) is 4.55. The standard InChI is InChI=1S/C25H33FN2O2/c1-15(20-13-27-21-6-4-5-19(23(20)21)17-7-8-17)9-22(29)28-16(2)10-25(26)12-18(28)11-24(3,30)14-25/h4-6,13,15-18,27,30H,7-12,14H2,1-3H3. The Hall–Kier alpha value is -1.88. The van der Waals surface area contributed by atoms with Crippen LogP contribution in [0.5, 0.6) is 0 Å². The number of nitrogens with one attached hydrogen (secondary N) is 1. The third-order valence-electron chi connectivity index (χ3n) is 7.59. The first-order valence-electron chi connectivity index (χ1n) is 11.5. The van der Waals surface area contributed by atoms with Crippen molar-refractivity contribution in [2.75, 3.05) is 0 Å². The lowest BCUT2D eigenvalue weighted by molar-refractivity contribution is -0.158. The van der Waals surface area contributed by atoms with Gasteiger partial charge in [-0.3, -0.25) is 4.79 Å². The number of piperidine rings is 1. The van der Waals surface area contributed by atoms with Gasteiger partial charge < -0.3 is 15.0 Å². The molecule has 0 radical (unpaired) electrons. The fraction of sp³-hybridized carbons (Fsp3) is 0.640. The monoisotopic (exact) mass is 412 g/mol. The van der Waals surface area contributed by atoms with Crippen molar-refractivity contribution in [2.45, 2.75) is 101 Å². The van der Waals surface area contributed by atoms with Crippen LogP contribution < -0.4 is 0 Å². The van der Waals surface area contributed by atoms with E-state index < -0.39 is 11.3 Å². The predicted molar refractivity (Wildman–Crippen MR) is 116 cm³/mol. The van der Waals surface area contributed by atoms with E-state index in [-0.39, 0.29) is 30.3 Å². The first kappa shape index (κ1) is 20.0. The zero-order valence-electron chi connectivity index (χ0n) is 18.2. The Bertz CT molecular complexity index is 973. The van der Waals surface area contributed by atoms with Gasteiger partial charge in [0.2, 0.25) is 5.91 Å². The molecule has 5 unspecified atom stereocenters. The molecule has 0 spiro atoms. The lowest BCUT2D eigenvalue weighted by Crippen LogP contribution is -2.62. The normalized spacial score (nSPS) is 34.9. The molecule has 1 saturated heterocycles. The minimum atomic E-state index is -1.36. The van der Waals surface area contributed by atoms with Gasteiger partial charge in [0.1, 0.15) is 5.67 Å². The number of fused-ring (bicyclic) bond motifs is 3.